The molecule has 0 bridgehead atoms. The third-order valence-corrected chi connectivity index (χ3v) is 3.27. The van der Waals surface area contributed by atoms with Crippen LogP contribution in [-0.4, -0.2) is 58.9 Å². The summed E-state index contributed by atoms with van der Waals surface area (Å²) < 4.78 is 0. The maximum absolute atomic E-state index is 12.2. The van der Waals surface area contributed by atoms with Gasteiger partial charge in [-0.1, -0.05) is 18.2 Å². The highest BCUT2D eigenvalue weighted by Gasteiger charge is 2.23. The summed E-state index contributed by atoms with van der Waals surface area (Å²) in [5, 5.41) is 8.49. The third kappa shape index (κ3) is 3.92. The second-order valence-corrected chi connectivity index (χ2v) is 4.66. The number of nitrogens with zero attached hydrogens (tertiary/aromatic N) is 2. The highest BCUT2D eigenvalue weighted by Crippen LogP contribution is 2.09. The first-order valence-corrected chi connectivity index (χ1v) is 6.62. The number of carboxylic acid groups (broad SMARTS) is 1. The molecule has 0 aliphatic carbocycles. The van der Waals surface area contributed by atoms with Crippen LogP contribution in [0.5, 0.6) is 0 Å². The molecule has 1 aromatic rings. The van der Waals surface area contributed by atoms with E-state index in [9.17, 15) is 14.4 Å². The molecule has 2 amide bonds. The van der Waals surface area contributed by atoms with Gasteiger partial charge in [-0.25, -0.2) is 4.79 Å². The van der Waals surface area contributed by atoms with Crippen molar-refractivity contribution in [1.82, 2.24) is 9.80 Å². The molecule has 0 aromatic heterocycles. The Kier molecular flexibility index (Phi) is 4.71. The van der Waals surface area contributed by atoms with Gasteiger partial charge in [0.05, 0.1) is 0 Å². The van der Waals surface area contributed by atoms with E-state index in [1.807, 2.05) is 18.2 Å². The fourth-order valence-electron chi connectivity index (χ4n) is 2.14. The van der Waals surface area contributed by atoms with Crippen LogP contribution in [0.25, 0.3) is 0 Å². The summed E-state index contributed by atoms with van der Waals surface area (Å²) in [4.78, 5) is 37.5. The van der Waals surface area contributed by atoms with Crippen molar-refractivity contribution >= 4 is 17.8 Å². The lowest BCUT2D eigenvalue weighted by Gasteiger charge is -2.34. The maximum Gasteiger partial charge on any atom is 0.328 e. The fourth-order valence-corrected chi connectivity index (χ4v) is 2.14. The van der Waals surface area contributed by atoms with Crippen molar-refractivity contribution in [2.75, 3.05) is 26.2 Å². The molecule has 0 saturated carbocycles. The van der Waals surface area contributed by atoms with Crippen molar-refractivity contribution in [3.63, 3.8) is 0 Å². The maximum atomic E-state index is 12.2. The van der Waals surface area contributed by atoms with E-state index < -0.39 is 5.97 Å². The first-order valence-electron chi connectivity index (χ1n) is 6.62. The Morgan fingerprint density at radius 2 is 1.48 bits per heavy atom. The zero-order valence-electron chi connectivity index (χ0n) is 11.4. The molecule has 1 saturated heterocycles. The van der Waals surface area contributed by atoms with Gasteiger partial charge in [-0.05, 0) is 12.1 Å². The van der Waals surface area contributed by atoms with Crippen LogP contribution in [0.15, 0.2) is 42.5 Å². The van der Waals surface area contributed by atoms with E-state index in [0.717, 1.165) is 12.2 Å². The molecule has 1 N–H and O–H groups in total. The molecule has 0 atom stereocenters. The molecular weight excluding hydrogens is 272 g/mol. The molecule has 1 aromatic carbocycles. The van der Waals surface area contributed by atoms with E-state index in [1.54, 1.807) is 17.0 Å². The van der Waals surface area contributed by atoms with Gasteiger partial charge >= 0.3 is 5.97 Å². The van der Waals surface area contributed by atoms with Crippen molar-refractivity contribution in [2.45, 2.75) is 0 Å². The third-order valence-electron chi connectivity index (χ3n) is 3.27. The number of hydrogen-bond acceptors (Lipinski definition) is 3. The molecule has 2 rings (SSSR count). The molecule has 1 heterocycles. The van der Waals surface area contributed by atoms with Crippen LogP contribution in [-0.2, 0) is 9.59 Å². The molecule has 1 aliphatic heterocycles. The lowest BCUT2D eigenvalue weighted by Crippen LogP contribution is -2.50. The topological polar surface area (TPSA) is 77.9 Å². The molecule has 6 heteroatoms. The van der Waals surface area contributed by atoms with Crippen LogP contribution < -0.4 is 0 Å². The van der Waals surface area contributed by atoms with Crippen LogP contribution in [0.3, 0.4) is 0 Å². The second kappa shape index (κ2) is 6.69. The summed E-state index contributed by atoms with van der Waals surface area (Å²) in [6.07, 6.45) is 1.86. The van der Waals surface area contributed by atoms with Gasteiger partial charge < -0.3 is 14.9 Å². The van der Waals surface area contributed by atoms with Gasteiger partial charge in [0.25, 0.3) is 5.91 Å². The molecule has 0 radical (unpaired) electrons. The summed E-state index contributed by atoms with van der Waals surface area (Å²) in [5.41, 5.74) is 0.628. The summed E-state index contributed by atoms with van der Waals surface area (Å²) in [5.74, 6) is -1.55. The average Bonchev–Trinajstić information content (AvgIpc) is 2.53. The van der Waals surface area contributed by atoms with Gasteiger partial charge in [-0.15, -0.1) is 0 Å². The zero-order chi connectivity index (χ0) is 15.2. The van der Waals surface area contributed by atoms with Crippen molar-refractivity contribution in [3.8, 4) is 0 Å². The van der Waals surface area contributed by atoms with E-state index in [1.165, 1.54) is 4.90 Å². The predicted octanol–water partition coefficient (Wildman–Crippen LogP) is 0.612. The van der Waals surface area contributed by atoms with Gasteiger partial charge in [-0.3, -0.25) is 9.59 Å². The van der Waals surface area contributed by atoms with Gasteiger partial charge in [0.1, 0.15) is 0 Å². The zero-order valence-corrected chi connectivity index (χ0v) is 11.4. The average molecular weight is 288 g/mol. The quantitative estimate of drug-likeness (QED) is 0.827. The number of benzene rings is 1. The van der Waals surface area contributed by atoms with E-state index in [2.05, 4.69) is 0 Å². The van der Waals surface area contributed by atoms with Gasteiger partial charge in [0.2, 0.25) is 5.91 Å². The van der Waals surface area contributed by atoms with E-state index in [4.69, 9.17) is 5.11 Å². The Morgan fingerprint density at radius 1 is 0.905 bits per heavy atom. The van der Waals surface area contributed by atoms with Crippen LogP contribution >= 0.6 is 0 Å². The summed E-state index contributed by atoms with van der Waals surface area (Å²) in [7, 11) is 0. The number of aliphatic carboxylic acids is 1. The summed E-state index contributed by atoms with van der Waals surface area (Å²) in [6, 6.07) is 8.99. The highest BCUT2D eigenvalue weighted by molar-refractivity contribution is 5.95. The smallest absolute Gasteiger partial charge is 0.328 e. The Bertz CT molecular complexity index is 560. The van der Waals surface area contributed by atoms with Crippen LogP contribution in [0.4, 0.5) is 0 Å². The van der Waals surface area contributed by atoms with Gasteiger partial charge in [-0.2, -0.15) is 0 Å². The lowest BCUT2D eigenvalue weighted by molar-refractivity contribution is -0.132. The molecule has 0 unspecified atom stereocenters. The van der Waals surface area contributed by atoms with Gasteiger partial charge in [0, 0.05) is 43.9 Å². The minimum absolute atomic E-state index is 0.0521. The van der Waals surface area contributed by atoms with Crippen LogP contribution in [0.2, 0.25) is 0 Å². The van der Waals surface area contributed by atoms with Crippen LogP contribution in [0.1, 0.15) is 10.4 Å². The van der Waals surface area contributed by atoms with Crippen LogP contribution in [0, 0.1) is 0 Å². The number of hydrogen-bond donors (Lipinski definition) is 1. The van der Waals surface area contributed by atoms with Crippen molar-refractivity contribution in [1.29, 1.82) is 0 Å². The largest absolute Gasteiger partial charge is 0.478 e. The highest BCUT2D eigenvalue weighted by atomic mass is 16.4. The number of carbonyl (C=O) groups is 3. The molecule has 110 valence electrons. The number of rotatable bonds is 3. The van der Waals surface area contributed by atoms with E-state index in [0.29, 0.717) is 31.7 Å². The predicted molar refractivity (Wildman–Crippen MR) is 75.7 cm³/mol. The second-order valence-electron chi connectivity index (χ2n) is 4.66. The Labute approximate surface area is 122 Å². The lowest BCUT2D eigenvalue weighted by atomic mass is 10.2. The monoisotopic (exact) mass is 288 g/mol. The Hall–Kier alpha value is -2.63. The number of carboxylic acids is 1. The molecule has 6 nitrogen and oxygen atoms in total. The first-order chi connectivity index (χ1) is 10.1. The number of carbonyl (C=O) groups excluding carboxylic acids is 2. The first kappa shape index (κ1) is 14.8. The minimum Gasteiger partial charge on any atom is -0.478 e. The summed E-state index contributed by atoms with van der Waals surface area (Å²) in [6.45, 7) is 1.70. The number of amides is 2. The summed E-state index contributed by atoms with van der Waals surface area (Å²) >= 11 is 0. The van der Waals surface area contributed by atoms with Crippen molar-refractivity contribution in [2.24, 2.45) is 0 Å². The fraction of sp³-hybridized carbons (Fsp3) is 0.267. The molecule has 1 aliphatic rings. The van der Waals surface area contributed by atoms with E-state index in [-0.39, 0.29) is 11.8 Å². The van der Waals surface area contributed by atoms with Crippen molar-refractivity contribution in [3.05, 3.63) is 48.0 Å². The van der Waals surface area contributed by atoms with Gasteiger partial charge in [0.15, 0.2) is 0 Å². The Balaban J connectivity index is 1.90. The van der Waals surface area contributed by atoms with E-state index >= 15 is 0 Å². The normalized spacial score (nSPS) is 15.2. The molecule has 1 fully saturated rings. The molecule has 0 spiro atoms. The minimum atomic E-state index is -1.15. The molecule has 21 heavy (non-hydrogen) atoms. The SMILES string of the molecule is O=C(O)/C=C/C(=O)N1CCN(C(=O)c2ccccc2)CC1. The molecular formula is C15H16N2O4. The standard InChI is InChI=1S/C15H16N2O4/c18-13(6-7-14(19)20)16-8-10-17(11-9-16)15(21)12-4-2-1-3-5-12/h1-7H,8-11H2,(H,19,20)/b7-6+. The van der Waals surface area contributed by atoms with Crippen molar-refractivity contribution < 1.29 is 19.5 Å². The number of piperazine rings is 1. The Morgan fingerprint density at radius 3 is 2.05 bits per heavy atom.